The fourth-order valence-corrected chi connectivity index (χ4v) is 3.01. The molecule has 3 heteroatoms. The predicted octanol–water partition coefficient (Wildman–Crippen LogP) is 1.92. The first kappa shape index (κ1) is 13.1. The van der Waals surface area contributed by atoms with Crippen LogP contribution in [0.25, 0.3) is 0 Å². The molecule has 1 atom stereocenters. The zero-order valence-electron chi connectivity index (χ0n) is 11.5. The molecule has 1 aromatic rings. The van der Waals surface area contributed by atoms with E-state index in [1.165, 1.54) is 11.1 Å². The summed E-state index contributed by atoms with van der Waals surface area (Å²) < 4.78 is 0. The number of likely N-dealkylation sites (tertiary alicyclic amines) is 1. The van der Waals surface area contributed by atoms with Gasteiger partial charge in [0, 0.05) is 13.1 Å². The largest absolute Gasteiger partial charge is 0.351 e. The van der Waals surface area contributed by atoms with E-state index in [0.717, 1.165) is 19.5 Å². The molecule has 2 aliphatic heterocycles. The third kappa shape index (κ3) is 1.93. The number of carbonyl (C=O) groups is 1. The summed E-state index contributed by atoms with van der Waals surface area (Å²) in [4.78, 5) is 14.4. The van der Waals surface area contributed by atoms with Gasteiger partial charge in [-0.25, -0.2) is 0 Å². The fraction of sp³-hybridized carbons (Fsp3) is 0.533. The SMILES string of the molecule is CC.CN1CCC2(C1)C(=O)NCc1ccccc12. The highest BCUT2D eigenvalue weighted by atomic mass is 16.2. The second-order valence-electron chi connectivity index (χ2n) is 4.91. The highest BCUT2D eigenvalue weighted by Gasteiger charge is 2.47. The quantitative estimate of drug-likeness (QED) is 0.758. The molecule has 1 amide bonds. The molecule has 3 nitrogen and oxygen atoms in total. The summed E-state index contributed by atoms with van der Waals surface area (Å²) in [6.07, 6.45) is 0.937. The van der Waals surface area contributed by atoms with E-state index < -0.39 is 0 Å². The average Bonchev–Trinajstić information content (AvgIpc) is 2.81. The van der Waals surface area contributed by atoms with E-state index in [1.807, 2.05) is 26.0 Å². The van der Waals surface area contributed by atoms with Gasteiger partial charge in [-0.05, 0) is 31.1 Å². The number of nitrogens with zero attached hydrogens (tertiary/aromatic N) is 1. The maximum atomic E-state index is 12.2. The Bertz CT molecular complexity index is 444. The Hall–Kier alpha value is -1.35. The molecule has 98 valence electrons. The van der Waals surface area contributed by atoms with Gasteiger partial charge in [-0.15, -0.1) is 0 Å². The molecule has 1 N–H and O–H groups in total. The summed E-state index contributed by atoms with van der Waals surface area (Å²) in [5, 5.41) is 3.03. The first-order valence-electron chi connectivity index (χ1n) is 6.78. The molecule has 0 bridgehead atoms. The molecular weight excluding hydrogens is 224 g/mol. The van der Waals surface area contributed by atoms with Gasteiger partial charge in [0.2, 0.25) is 5.91 Å². The van der Waals surface area contributed by atoms with Crippen LogP contribution < -0.4 is 5.32 Å². The van der Waals surface area contributed by atoms with Crippen molar-refractivity contribution in [2.45, 2.75) is 32.2 Å². The second kappa shape index (κ2) is 5.11. The molecule has 3 rings (SSSR count). The molecule has 1 spiro atoms. The van der Waals surface area contributed by atoms with Crippen LogP contribution in [0.1, 0.15) is 31.4 Å². The summed E-state index contributed by atoms with van der Waals surface area (Å²) in [6.45, 7) is 6.53. The Labute approximate surface area is 109 Å². The molecule has 0 aliphatic carbocycles. The van der Waals surface area contributed by atoms with Crippen LogP contribution in [0, 0.1) is 0 Å². The Morgan fingerprint density at radius 2 is 2.00 bits per heavy atom. The zero-order valence-corrected chi connectivity index (χ0v) is 11.5. The Morgan fingerprint density at radius 1 is 1.28 bits per heavy atom. The molecule has 1 aromatic carbocycles. The first-order chi connectivity index (χ1) is 8.72. The van der Waals surface area contributed by atoms with E-state index in [9.17, 15) is 4.79 Å². The van der Waals surface area contributed by atoms with Gasteiger partial charge in [0.05, 0.1) is 5.41 Å². The topological polar surface area (TPSA) is 32.3 Å². The molecule has 0 saturated carbocycles. The van der Waals surface area contributed by atoms with Gasteiger partial charge >= 0.3 is 0 Å². The van der Waals surface area contributed by atoms with Gasteiger partial charge < -0.3 is 10.2 Å². The van der Waals surface area contributed by atoms with Gasteiger partial charge in [-0.1, -0.05) is 38.1 Å². The number of likely N-dealkylation sites (N-methyl/N-ethyl adjacent to an activating group) is 1. The summed E-state index contributed by atoms with van der Waals surface area (Å²) in [7, 11) is 2.08. The summed E-state index contributed by atoms with van der Waals surface area (Å²) in [5.41, 5.74) is 2.23. The second-order valence-corrected chi connectivity index (χ2v) is 4.91. The van der Waals surface area contributed by atoms with Crippen molar-refractivity contribution in [2.75, 3.05) is 20.1 Å². The molecule has 2 aliphatic rings. The van der Waals surface area contributed by atoms with Crippen LogP contribution in [-0.2, 0) is 16.8 Å². The number of hydrogen-bond acceptors (Lipinski definition) is 2. The van der Waals surface area contributed by atoms with Crippen molar-refractivity contribution in [3.63, 3.8) is 0 Å². The standard InChI is InChI=1S/C13H16N2O.C2H6/c1-15-7-6-13(9-15)11-5-3-2-4-10(11)8-14-12(13)16;1-2/h2-5H,6-9H2,1H3,(H,14,16);1-2H3. The molecule has 1 fully saturated rings. The van der Waals surface area contributed by atoms with Gasteiger partial charge in [0.1, 0.15) is 0 Å². The van der Waals surface area contributed by atoms with E-state index in [0.29, 0.717) is 6.54 Å². The monoisotopic (exact) mass is 246 g/mol. The maximum Gasteiger partial charge on any atom is 0.232 e. The van der Waals surface area contributed by atoms with Crippen molar-refractivity contribution in [3.8, 4) is 0 Å². The number of hydrogen-bond donors (Lipinski definition) is 1. The number of rotatable bonds is 0. The molecule has 2 heterocycles. The number of carbonyl (C=O) groups excluding carboxylic acids is 1. The van der Waals surface area contributed by atoms with Crippen molar-refractivity contribution in [2.24, 2.45) is 0 Å². The molecule has 1 unspecified atom stereocenters. The lowest BCUT2D eigenvalue weighted by atomic mass is 9.74. The minimum absolute atomic E-state index is 0.204. The van der Waals surface area contributed by atoms with Crippen molar-refractivity contribution in [3.05, 3.63) is 35.4 Å². The third-order valence-electron chi connectivity index (χ3n) is 3.87. The van der Waals surface area contributed by atoms with Crippen LogP contribution in [0.5, 0.6) is 0 Å². The predicted molar refractivity (Wildman–Crippen MR) is 73.4 cm³/mol. The molecule has 0 radical (unpaired) electrons. The van der Waals surface area contributed by atoms with Gasteiger partial charge in [-0.3, -0.25) is 4.79 Å². The van der Waals surface area contributed by atoms with E-state index in [1.54, 1.807) is 0 Å². The number of benzene rings is 1. The lowest BCUT2D eigenvalue weighted by Crippen LogP contribution is -2.50. The first-order valence-corrected chi connectivity index (χ1v) is 6.78. The van der Waals surface area contributed by atoms with Crippen LogP contribution in [-0.4, -0.2) is 30.9 Å². The fourth-order valence-electron chi connectivity index (χ4n) is 3.01. The summed E-state index contributed by atoms with van der Waals surface area (Å²) in [5.74, 6) is 0.204. The zero-order chi connectivity index (χ0) is 13.2. The van der Waals surface area contributed by atoms with Crippen LogP contribution in [0.15, 0.2) is 24.3 Å². The Kier molecular flexibility index (Phi) is 3.71. The average molecular weight is 246 g/mol. The molecule has 0 aromatic heterocycles. The van der Waals surface area contributed by atoms with Gasteiger partial charge in [0.25, 0.3) is 0 Å². The van der Waals surface area contributed by atoms with Crippen LogP contribution in [0.4, 0.5) is 0 Å². The number of fused-ring (bicyclic) bond motifs is 2. The van der Waals surface area contributed by atoms with E-state index >= 15 is 0 Å². The number of nitrogens with one attached hydrogen (secondary N) is 1. The van der Waals surface area contributed by atoms with Crippen molar-refractivity contribution < 1.29 is 4.79 Å². The smallest absolute Gasteiger partial charge is 0.232 e. The number of amides is 1. The normalized spacial score (nSPS) is 26.3. The lowest BCUT2D eigenvalue weighted by molar-refractivity contribution is -0.127. The molecule has 18 heavy (non-hydrogen) atoms. The summed E-state index contributed by atoms with van der Waals surface area (Å²) >= 11 is 0. The van der Waals surface area contributed by atoms with Crippen LogP contribution >= 0.6 is 0 Å². The van der Waals surface area contributed by atoms with Gasteiger partial charge in [0.15, 0.2) is 0 Å². The minimum Gasteiger partial charge on any atom is -0.351 e. The molecule has 1 saturated heterocycles. The minimum atomic E-state index is -0.288. The third-order valence-corrected chi connectivity index (χ3v) is 3.87. The van der Waals surface area contributed by atoms with Crippen molar-refractivity contribution in [1.29, 1.82) is 0 Å². The van der Waals surface area contributed by atoms with E-state index in [-0.39, 0.29) is 11.3 Å². The van der Waals surface area contributed by atoms with Crippen LogP contribution in [0.2, 0.25) is 0 Å². The Balaban J connectivity index is 0.000000574. The van der Waals surface area contributed by atoms with Gasteiger partial charge in [-0.2, -0.15) is 0 Å². The van der Waals surface area contributed by atoms with E-state index in [4.69, 9.17) is 0 Å². The molecular formula is C15H22N2O. The highest BCUT2D eigenvalue weighted by Crippen LogP contribution is 2.38. The van der Waals surface area contributed by atoms with Crippen LogP contribution in [0.3, 0.4) is 0 Å². The van der Waals surface area contributed by atoms with Crippen molar-refractivity contribution in [1.82, 2.24) is 10.2 Å². The maximum absolute atomic E-state index is 12.2. The highest BCUT2D eigenvalue weighted by molar-refractivity contribution is 5.91. The Morgan fingerprint density at radius 3 is 2.67 bits per heavy atom. The van der Waals surface area contributed by atoms with E-state index in [2.05, 4.69) is 29.4 Å². The lowest BCUT2D eigenvalue weighted by Gasteiger charge is -2.34. The van der Waals surface area contributed by atoms with Crippen molar-refractivity contribution >= 4 is 5.91 Å². The summed E-state index contributed by atoms with van der Waals surface area (Å²) in [6, 6.07) is 8.32.